The first kappa shape index (κ1) is 13.7. The second-order valence-corrected chi connectivity index (χ2v) is 6.85. The van der Waals surface area contributed by atoms with Gasteiger partial charge in [0.2, 0.25) is 0 Å². The number of unbranched alkanes of at least 4 members (excludes halogenated alkanes) is 2. The minimum Gasteiger partial charge on any atom is -0.392 e. The van der Waals surface area contributed by atoms with Crippen LogP contribution in [0.2, 0.25) is 0 Å². The zero-order chi connectivity index (χ0) is 11.1. The normalized spacial score (nSPS) is 29.0. The van der Waals surface area contributed by atoms with E-state index in [2.05, 4.69) is 25.6 Å². The second kappa shape index (κ2) is 7.86. The van der Waals surface area contributed by atoms with Gasteiger partial charge in [0.1, 0.15) is 0 Å². The first-order chi connectivity index (χ1) is 7.29. The molecule has 3 atom stereocenters. The average molecular weight is 248 g/mol. The Morgan fingerprint density at radius 2 is 1.93 bits per heavy atom. The molecule has 0 spiro atoms. The summed E-state index contributed by atoms with van der Waals surface area (Å²) in [5.41, 5.74) is 0. The maximum Gasteiger partial charge on any atom is 0.0669 e. The summed E-state index contributed by atoms with van der Waals surface area (Å²) >= 11 is 4.05. The predicted molar refractivity (Wildman–Crippen MR) is 72.9 cm³/mol. The Kier molecular flexibility index (Phi) is 7.19. The lowest BCUT2D eigenvalue weighted by Crippen LogP contribution is -2.36. The summed E-state index contributed by atoms with van der Waals surface area (Å²) in [6.45, 7) is 4.46. The molecule has 0 aromatic heterocycles. The summed E-state index contributed by atoms with van der Waals surface area (Å²) in [5.74, 6) is 2.48. The minimum absolute atomic E-state index is 0.0701. The number of aliphatic hydroxyl groups is 1. The van der Waals surface area contributed by atoms with Gasteiger partial charge in [-0.3, -0.25) is 0 Å². The van der Waals surface area contributed by atoms with Crippen LogP contribution in [-0.2, 0) is 0 Å². The predicted octanol–water partition coefficient (Wildman–Crippen LogP) is 3.55. The highest BCUT2D eigenvalue weighted by Crippen LogP contribution is 2.36. The molecule has 3 heteroatoms. The van der Waals surface area contributed by atoms with E-state index in [4.69, 9.17) is 0 Å². The van der Waals surface area contributed by atoms with Crippen LogP contribution in [0.15, 0.2) is 0 Å². The van der Waals surface area contributed by atoms with Crippen LogP contribution in [0.5, 0.6) is 0 Å². The fourth-order valence-corrected chi connectivity index (χ4v) is 5.25. The van der Waals surface area contributed by atoms with Crippen molar-refractivity contribution in [3.63, 3.8) is 0 Å². The smallest absolute Gasteiger partial charge is 0.0669 e. The average Bonchev–Trinajstić information content (AvgIpc) is 2.29. The van der Waals surface area contributed by atoms with E-state index in [9.17, 15) is 5.11 Å². The Bertz CT molecular complexity index is 164. The van der Waals surface area contributed by atoms with E-state index in [0.29, 0.717) is 10.5 Å². The number of aliphatic hydroxyl groups excluding tert-OH is 1. The molecule has 0 aromatic rings. The molecule has 1 rings (SSSR count). The molecule has 0 bridgehead atoms. The molecule has 1 N–H and O–H groups in total. The van der Waals surface area contributed by atoms with Crippen molar-refractivity contribution in [3.05, 3.63) is 0 Å². The molecule has 0 saturated carbocycles. The van der Waals surface area contributed by atoms with Crippen molar-refractivity contribution in [2.24, 2.45) is 0 Å². The molecule has 1 aliphatic rings. The fourth-order valence-electron chi connectivity index (χ4n) is 2.06. The third-order valence-electron chi connectivity index (χ3n) is 2.98. The van der Waals surface area contributed by atoms with Gasteiger partial charge in [0.15, 0.2) is 0 Å². The third kappa shape index (κ3) is 4.58. The monoisotopic (exact) mass is 248 g/mol. The largest absolute Gasteiger partial charge is 0.392 e. The lowest BCUT2D eigenvalue weighted by Gasteiger charge is -2.33. The highest BCUT2D eigenvalue weighted by atomic mass is 32.2. The Morgan fingerprint density at radius 1 is 1.20 bits per heavy atom. The maximum atomic E-state index is 10.2. The third-order valence-corrected chi connectivity index (χ3v) is 6.37. The molecule has 0 radical (unpaired) electrons. The van der Waals surface area contributed by atoms with E-state index >= 15 is 0 Å². The summed E-state index contributed by atoms with van der Waals surface area (Å²) in [6, 6.07) is 0. The topological polar surface area (TPSA) is 20.2 Å². The van der Waals surface area contributed by atoms with Gasteiger partial charge in [0.25, 0.3) is 0 Å². The molecule has 1 nitrogen and oxygen atoms in total. The van der Waals surface area contributed by atoms with E-state index in [1.54, 1.807) is 0 Å². The van der Waals surface area contributed by atoms with Crippen molar-refractivity contribution < 1.29 is 5.11 Å². The molecule has 15 heavy (non-hydrogen) atoms. The molecule has 1 fully saturated rings. The molecule has 0 aliphatic carbocycles. The first-order valence-electron chi connectivity index (χ1n) is 6.20. The summed E-state index contributed by atoms with van der Waals surface area (Å²) in [7, 11) is 0. The van der Waals surface area contributed by atoms with Crippen molar-refractivity contribution in [3.8, 4) is 0 Å². The van der Waals surface area contributed by atoms with E-state index in [1.165, 1.54) is 37.2 Å². The lowest BCUT2D eigenvalue weighted by atomic mass is 10.0. The summed E-state index contributed by atoms with van der Waals surface area (Å²) in [6.07, 6.45) is 5.83. The Hall–Kier alpha value is 0.660. The van der Waals surface area contributed by atoms with Gasteiger partial charge in [0, 0.05) is 22.0 Å². The second-order valence-electron chi connectivity index (χ2n) is 4.22. The van der Waals surface area contributed by atoms with Gasteiger partial charge < -0.3 is 5.11 Å². The van der Waals surface area contributed by atoms with Gasteiger partial charge in [0.05, 0.1) is 6.10 Å². The van der Waals surface area contributed by atoms with Crippen molar-refractivity contribution >= 4 is 23.5 Å². The number of thioether (sulfide) groups is 2. The molecule has 1 aliphatic heterocycles. The van der Waals surface area contributed by atoms with Crippen LogP contribution in [0.1, 0.15) is 46.0 Å². The number of hydrogen-bond acceptors (Lipinski definition) is 3. The van der Waals surface area contributed by atoms with Crippen LogP contribution in [0, 0.1) is 0 Å². The van der Waals surface area contributed by atoms with Crippen LogP contribution in [0.25, 0.3) is 0 Å². The van der Waals surface area contributed by atoms with Gasteiger partial charge in [-0.2, -0.15) is 23.5 Å². The molecule has 1 saturated heterocycles. The van der Waals surface area contributed by atoms with Crippen molar-refractivity contribution in [1.29, 1.82) is 0 Å². The fraction of sp³-hybridized carbons (Fsp3) is 1.00. The SMILES string of the molecule is CCCCCC(O)C1SCCSC1CC. The quantitative estimate of drug-likeness (QED) is 0.726. The summed E-state index contributed by atoms with van der Waals surface area (Å²) < 4.78 is 0. The Morgan fingerprint density at radius 3 is 2.60 bits per heavy atom. The number of rotatable bonds is 6. The van der Waals surface area contributed by atoms with Crippen LogP contribution in [0.3, 0.4) is 0 Å². The Balaban J connectivity index is 2.31. The molecular formula is C12H24OS2. The molecule has 90 valence electrons. The summed E-state index contributed by atoms with van der Waals surface area (Å²) in [4.78, 5) is 0. The van der Waals surface area contributed by atoms with Crippen LogP contribution < -0.4 is 0 Å². The van der Waals surface area contributed by atoms with Gasteiger partial charge in [-0.25, -0.2) is 0 Å². The highest BCUT2D eigenvalue weighted by molar-refractivity contribution is 8.07. The zero-order valence-electron chi connectivity index (χ0n) is 9.95. The van der Waals surface area contributed by atoms with Gasteiger partial charge in [-0.1, -0.05) is 33.1 Å². The highest BCUT2D eigenvalue weighted by Gasteiger charge is 2.30. The van der Waals surface area contributed by atoms with Crippen molar-refractivity contribution in [1.82, 2.24) is 0 Å². The lowest BCUT2D eigenvalue weighted by molar-refractivity contribution is 0.155. The standard InChI is InChI=1S/C12H24OS2/c1-3-5-6-7-10(13)12-11(4-2)14-8-9-15-12/h10-13H,3-9H2,1-2H3. The van der Waals surface area contributed by atoms with Crippen LogP contribution in [0.4, 0.5) is 0 Å². The zero-order valence-corrected chi connectivity index (χ0v) is 11.6. The molecule has 0 amide bonds. The van der Waals surface area contributed by atoms with Crippen LogP contribution in [-0.4, -0.2) is 33.2 Å². The van der Waals surface area contributed by atoms with E-state index in [0.717, 1.165) is 6.42 Å². The summed E-state index contributed by atoms with van der Waals surface area (Å²) in [5, 5.41) is 11.3. The molecule has 3 unspecified atom stereocenters. The van der Waals surface area contributed by atoms with Crippen molar-refractivity contribution in [2.45, 2.75) is 62.6 Å². The van der Waals surface area contributed by atoms with Gasteiger partial charge in [-0.15, -0.1) is 0 Å². The van der Waals surface area contributed by atoms with E-state index in [-0.39, 0.29) is 6.10 Å². The van der Waals surface area contributed by atoms with Gasteiger partial charge >= 0.3 is 0 Å². The number of hydrogen-bond donors (Lipinski definition) is 1. The molecule has 0 aromatic carbocycles. The van der Waals surface area contributed by atoms with E-state index in [1.807, 2.05) is 11.8 Å². The van der Waals surface area contributed by atoms with Crippen LogP contribution >= 0.6 is 23.5 Å². The Labute approximate surface area is 103 Å². The first-order valence-corrected chi connectivity index (χ1v) is 8.30. The van der Waals surface area contributed by atoms with Gasteiger partial charge in [-0.05, 0) is 12.8 Å². The van der Waals surface area contributed by atoms with E-state index < -0.39 is 0 Å². The molecular weight excluding hydrogens is 224 g/mol. The minimum atomic E-state index is -0.0701. The maximum absolute atomic E-state index is 10.2. The molecule has 1 heterocycles. The van der Waals surface area contributed by atoms with Crippen molar-refractivity contribution in [2.75, 3.05) is 11.5 Å².